The Kier molecular flexibility index (Phi) is 10.8. The van der Waals surface area contributed by atoms with Crippen LogP contribution < -0.4 is 22.1 Å². The van der Waals surface area contributed by atoms with Crippen LogP contribution in [-0.4, -0.2) is 57.9 Å². The van der Waals surface area contributed by atoms with Crippen LogP contribution in [0.2, 0.25) is 5.02 Å². The topological polar surface area (TPSA) is 145 Å². The Morgan fingerprint density at radius 1 is 1.21 bits per heavy atom. The number of aliphatic hydroxyl groups excluding tert-OH is 1. The summed E-state index contributed by atoms with van der Waals surface area (Å²) in [6.07, 6.45) is 4.14. The quantitative estimate of drug-likeness (QED) is 0.0720. The van der Waals surface area contributed by atoms with Gasteiger partial charge in [-0.05, 0) is 80.6 Å². The minimum Gasteiger partial charge on any atom is -0.394 e. The van der Waals surface area contributed by atoms with E-state index >= 15 is 4.39 Å². The third-order valence-corrected chi connectivity index (χ3v) is 7.29. The predicted molar refractivity (Wildman–Crippen MR) is 163 cm³/mol. The summed E-state index contributed by atoms with van der Waals surface area (Å²) < 4.78 is 29.1. The van der Waals surface area contributed by atoms with E-state index in [1.165, 1.54) is 4.57 Å². The lowest BCUT2D eigenvalue weighted by molar-refractivity contribution is 0.244. The smallest absolute Gasteiger partial charge is 0.354 e. The molecule has 2 heterocycles. The third-order valence-electron chi connectivity index (χ3n) is 7.02. The molecule has 0 bridgehead atoms. The zero-order valence-electron chi connectivity index (χ0n) is 23.4. The molecule has 0 fully saturated rings. The van der Waals surface area contributed by atoms with E-state index in [-0.39, 0.29) is 23.2 Å². The highest BCUT2D eigenvalue weighted by Gasteiger charge is 2.16. The summed E-state index contributed by atoms with van der Waals surface area (Å²) in [6, 6.07) is 11.4. The molecule has 7 N–H and O–H groups in total. The Balaban J connectivity index is 1.53. The minimum absolute atomic E-state index is 0.0302. The first-order valence-electron chi connectivity index (χ1n) is 13.9. The highest BCUT2D eigenvalue weighted by molar-refractivity contribution is 6.31. The SMILES string of the molecule is CC(=N)NCCCN[C@@H](CO)c1ccc(-n2cc3cc(-c4cc(CCC[C@@H](N)CF)cc(Cl)c4F)[nH]c3nc2=O)cc1. The number of benzene rings is 2. The lowest BCUT2D eigenvalue weighted by Crippen LogP contribution is -2.29. The van der Waals surface area contributed by atoms with E-state index < -0.39 is 24.2 Å². The van der Waals surface area contributed by atoms with Crippen molar-refractivity contribution >= 4 is 28.5 Å². The number of aromatic amines is 1. The van der Waals surface area contributed by atoms with Crippen LogP contribution in [-0.2, 0) is 6.42 Å². The largest absolute Gasteiger partial charge is 0.394 e. The number of nitrogens with zero attached hydrogens (tertiary/aromatic N) is 2. The molecule has 2 atom stereocenters. The van der Waals surface area contributed by atoms with Crippen molar-refractivity contribution in [2.45, 2.75) is 44.7 Å². The Morgan fingerprint density at radius 3 is 2.67 bits per heavy atom. The van der Waals surface area contributed by atoms with Gasteiger partial charge in [0.05, 0.1) is 34.9 Å². The Labute approximate surface area is 247 Å². The fraction of sp³-hybridized carbons (Fsp3) is 0.367. The zero-order valence-corrected chi connectivity index (χ0v) is 24.1. The maximum atomic E-state index is 15.1. The molecule has 0 saturated heterocycles. The zero-order chi connectivity index (χ0) is 30.2. The molecular formula is C30H36ClF2N7O2. The second-order valence-corrected chi connectivity index (χ2v) is 10.7. The van der Waals surface area contributed by atoms with E-state index in [2.05, 4.69) is 20.6 Å². The summed E-state index contributed by atoms with van der Waals surface area (Å²) in [5.41, 5.74) is 8.39. The standard InChI is InChI=1S/C30H36ClF2N7O2/c1-18(34)36-10-3-11-37-27(17-41)20-6-8-23(9-7-20)40-16-21-14-26(38-29(21)39-30(40)42)24-12-19(13-25(31)28(24)33)4-2-5-22(35)15-32/h6-9,12-14,16,22,27,37,41H,2-5,10-11,15,17,35H2,1H3,(H2,34,36)(H,38,39,42)/t22-,27+/m1/s1. The molecule has 0 unspecified atom stereocenters. The van der Waals surface area contributed by atoms with Crippen LogP contribution in [0.5, 0.6) is 0 Å². The van der Waals surface area contributed by atoms with Crippen LogP contribution in [0.1, 0.15) is 43.4 Å². The summed E-state index contributed by atoms with van der Waals surface area (Å²) in [5, 5.41) is 24.1. The summed E-state index contributed by atoms with van der Waals surface area (Å²) in [6.45, 7) is 2.33. The Morgan fingerprint density at radius 2 is 1.98 bits per heavy atom. The predicted octanol–water partition coefficient (Wildman–Crippen LogP) is 4.39. The molecule has 2 aromatic heterocycles. The van der Waals surface area contributed by atoms with Crippen LogP contribution in [0, 0.1) is 11.2 Å². The van der Waals surface area contributed by atoms with Gasteiger partial charge >= 0.3 is 5.69 Å². The number of aliphatic hydroxyl groups is 1. The van der Waals surface area contributed by atoms with Gasteiger partial charge in [0.25, 0.3) is 0 Å². The molecule has 0 radical (unpaired) electrons. The van der Waals surface area contributed by atoms with Gasteiger partial charge in [0.1, 0.15) is 12.3 Å². The molecule has 4 rings (SSSR count). The summed E-state index contributed by atoms with van der Waals surface area (Å²) in [7, 11) is 0. The van der Waals surface area contributed by atoms with Crippen molar-refractivity contribution in [2.75, 3.05) is 26.4 Å². The van der Waals surface area contributed by atoms with Crippen molar-refractivity contribution < 1.29 is 13.9 Å². The summed E-state index contributed by atoms with van der Waals surface area (Å²) in [5.74, 6) is -0.177. The van der Waals surface area contributed by atoms with Gasteiger partial charge in [0.15, 0.2) is 5.82 Å². The fourth-order valence-electron chi connectivity index (χ4n) is 4.75. The van der Waals surface area contributed by atoms with Crippen molar-refractivity contribution in [3.8, 4) is 16.9 Å². The first-order valence-corrected chi connectivity index (χ1v) is 14.2. The van der Waals surface area contributed by atoms with Gasteiger partial charge in [0, 0.05) is 29.7 Å². The van der Waals surface area contributed by atoms with Gasteiger partial charge in [-0.3, -0.25) is 9.98 Å². The number of nitrogens with one attached hydrogen (secondary N) is 4. The molecule has 0 aliphatic heterocycles. The van der Waals surface area contributed by atoms with Gasteiger partial charge < -0.3 is 26.5 Å². The Hall–Kier alpha value is -3.64. The van der Waals surface area contributed by atoms with Gasteiger partial charge in [0.2, 0.25) is 0 Å². The molecule has 0 saturated carbocycles. The summed E-state index contributed by atoms with van der Waals surface area (Å²) in [4.78, 5) is 20.1. The van der Waals surface area contributed by atoms with E-state index in [9.17, 15) is 14.3 Å². The number of alkyl halides is 1. The van der Waals surface area contributed by atoms with Crippen LogP contribution >= 0.6 is 11.6 Å². The lowest BCUT2D eigenvalue weighted by atomic mass is 10.0. The molecule has 0 amide bonds. The van der Waals surface area contributed by atoms with E-state index in [1.54, 1.807) is 43.5 Å². The molecule has 2 aromatic carbocycles. The van der Waals surface area contributed by atoms with Gasteiger partial charge in [-0.1, -0.05) is 23.7 Å². The van der Waals surface area contributed by atoms with Crippen molar-refractivity contribution in [1.82, 2.24) is 25.2 Å². The lowest BCUT2D eigenvalue weighted by Gasteiger charge is -2.17. The monoisotopic (exact) mass is 599 g/mol. The number of nitrogens with two attached hydrogens (primary N) is 1. The van der Waals surface area contributed by atoms with Crippen molar-refractivity contribution in [2.24, 2.45) is 5.73 Å². The van der Waals surface area contributed by atoms with Gasteiger partial charge in [-0.25, -0.2) is 13.6 Å². The van der Waals surface area contributed by atoms with Crippen molar-refractivity contribution in [3.05, 3.63) is 81.1 Å². The van der Waals surface area contributed by atoms with Crippen molar-refractivity contribution in [1.29, 1.82) is 5.41 Å². The van der Waals surface area contributed by atoms with Gasteiger partial charge in [-0.15, -0.1) is 0 Å². The number of halogens is 3. The number of aryl methyl sites for hydroxylation is 1. The van der Waals surface area contributed by atoms with E-state index in [0.29, 0.717) is 60.6 Å². The molecule has 0 aliphatic carbocycles. The number of fused-ring (bicyclic) bond motifs is 1. The highest BCUT2D eigenvalue weighted by atomic mass is 35.5. The number of amidine groups is 1. The number of hydrogen-bond donors (Lipinski definition) is 6. The van der Waals surface area contributed by atoms with Crippen LogP contribution in [0.25, 0.3) is 28.0 Å². The Bertz CT molecular complexity index is 1570. The second kappa shape index (κ2) is 14.5. The van der Waals surface area contributed by atoms with Crippen LogP contribution in [0.3, 0.4) is 0 Å². The number of H-pyrrole nitrogens is 1. The minimum atomic E-state index is -0.591. The molecule has 42 heavy (non-hydrogen) atoms. The number of aromatic nitrogens is 3. The molecule has 0 spiro atoms. The maximum absolute atomic E-state index is 15.1. The summed E-state index contributed by atoms with van der Waals surface area (Å²) >= 11 is 6.19. The van der Waals surface area contributed by atoms with Crippen molar-refractivity contribution in [3.63, 3.8) is 0 Å². The molecule has 4 aromatic rings. The van der Waals surface area contributed by atoms with E-state index in [4.69, 9.17) is 22.7 Å². The third kappa shape index (κ3) is 7.80. The maximum Gasteiger partial charge on any atom is 0.354 e. The molecule has 9 nitrogen and oxygen atoms in total. The van der Waals surface area contributed by atoms with Gasteiger partial charge in [-0.2, -0.15) is 4.98 Å². The number of rotatable bonds is 14. The number of hydrogen-bond acceptors (Lipinski definition) is 6. The first kappa shape index (κ1) is 31.3. The normalized spacial score (nSPS) is 12.9. The van der Waals surface area contributed by atoms with E-state index in [0.717, 1.165) is 17.5 Å². The van der Waals surface area contributed by atoms with Crippen LogP contribution in [0.15, 0.2) is 53.5 Å². The molecule has 12 heteroatoms. The van der Waals surface area contributed by atoms with E-state index in [1.807, 2.05) is 12.1 Å². The highest BCUT2D eigenvalue weighted by Crippen LogP contribution is 2.31. The second-order valence-electron chi connectivity index (χ2n) is 10.3. The molecule has 0 aliphatic rings. The average molecular weight is 600 g/mol. The molecule has 224 valence electrons. The molecular weight excluding hydrogens is 564 g/mol. The van der Waals surface area contributed by atoms with Crippen LogP contribution in [0.4, 0.5) is 8.78 Å². The average Bonchev–Trinajstić information content (AvgIpc) is 3.38. The fourth-order valence-corrected chi connectivity index (χ4v) is 4.99. The first-order chi connectivity index (χ1) is 20.2.